The summed E-state index contributed by atoms with van der Waals surface area (Å²) in [5, 5.41) is 4.34. The Morgan fingerprint density at radius 1 is 1.17 bits per heavy atom. The molecular weight excluding hydrogens is 349 g/mol. The molecule has 0 aromatic heterocycles. The van der Waals surface area contributed by atoms with E-state index in [0.29, 0.717) is 16.5 Å². The Hall–Kier alpha value is -1.16. The minimum atomic E-state index is -0.0669. The number of hydrogen-bond donors (Lipinski definition) is 1. The van der Waals surface area contributed by atoms with Crippen LogP contribution in [0, 0.1) is 13.8 Å². The Kier molecular flexibility index (Phi) is 6.40. The number of carbonyl (C=O) groups is 1. The van der Waals surface area contributed by atoms with Crippen molar-refractivity contribution in [3.8, 4) is 0 Å². The van der Waals surface area contributed by atoms with Gasteiger partial charge in [-0.3, -0.25) is 4.79 Å². The normalized spacial score (nSPS) is 12.0. The first kappa shape index (κ1) is 18.2. The lowest BCUT2D eigenvalue weighted by atomic mass is 10.1. The highest BCUT2D eigenvalue weighted by atomic mass is 35.5. The van der Waals surface area contributed by atoms with Crippen molar-refractivity contribution < 1.29 is 4.79 Å². The molecule has 1 amide bonds. The van der Waals surface area contributed by atoms with E-state index in [2.05, 4.69) is 5.32 Å². The fourth-order valence-corrected chi connectivity index (χ4v) is 3.94. The van der Waals surface area contributed by atoms with Gasteiger partial charge in [0.1, 0.15) is 0 Å². The van der Waals surface area contributed by atoms with Crippen molar-refractivity contribution in [1.82, 2.24) is 0 Å². The average Bonchev–Trinajstić information content (AvgIpc) is 2.49. The number of thioether (sulfide) groups is 1. The predicted octanol–water partition coefficient (Wildman–Crippen LogP) is 6.04. The van der Waals surface area contributed by atoms with Gasteiger partial charge in [-0.25, -0.2) is 0 Å². The summed E-state index contributed by atoms with van der Waals surface area (Å²) >= 11 is 14.0. The molecule has 2 aromatic rings. The maximum atomic E-state index is 12.2. The van der Waals surface area contributed by atoms with E-state index in [1.165, 1.54) is 0 Å². The van der Waals surface area contributed by atoms with Crippen molar-refractivity contribution in [3.63, 3.8) is 0 Å². The first-order valence-corrected chi connectivity index (χ1v) is 9.11. The molecule has 0 radical (unpaired) electrons. The van der Waals surface area contributed by atoms with Crippen LogP contribution in [0.15, 0.2) is 36.4 Å². The predicted molar refractivity (Wildman–Crippen MR) is 102 cm³/mol. The molecule has 0 aliphatic carbocycles. The van der Waals surface area contributed by atoms with Crippen LogP contribution < -0.4 is 5.32 Å². The molecule has 1 atom stereocenters. The number of hydrogen-bond acceptors (Lipinski definition) is 2. The van der Waals surface area contributed by atoms with Gasteiger partial charge in [0, 0.05) is 10.3 Å². The largest absolute Gasteiger partial charge is 0.324 e. The molecular formula is C18H19Cl2NOS. The minimum absolute atomic E-state index is 0.0669. The van der Waals surface area contributed by atoms with E-state index in [1.807, 2.05) is 57.2 Å². The number of amides is 1. The molecule has 1 N–H and O–H groups in total. The van der Waals surface area contributed by atoms with Crippen molar-refractivity contribution in [1.29, 1.82) is 0 Å². The summed E-state index contributed by atoms with van der Waals surface area (Å²) in [6, 6.07) is 11.6. The summed E-state index contributed by atoms with van der Waals surface area (Å²) < 4.78 is 0. The van der Waals surface area contributed by atoms with Gasteiger partial charge in [0.2, 0.25) is 5.91 Å². The SMILES string of the molecule is Cc1cc(C)c(NC(=O)CSC(C)c2ccccc2Cl)c(Cl)c1. The second kappa shape index (κ2) is 8.09. The Morgan fingerprint density at radius 2 is 1.87 bits per heavy atom. The van der Waals surface area contributed by atoms with Crippen molar-refractivity contribution >= 4 is 46.6 Å². The van der Waals surface area contributed by atoms with Crippen LogP contribution in [-0.2, 0) is 4.79 Å². The molecule has 2 nitrogen and oxygen atoms in total. The van der Waals surface area contributed by atoms with Gasteiger partial charge in [0.15, 0.2) is 0 Å². The van der Waals surface area contributed by atoms with Crippen molar-refractivity contribution in [2.75, 3.05) is 11.1 Å². The molecule has 0 fully saturated rings. The summed E-state index contributed by atoms with van der Waals surface area (Å²) in [4.78, 5) is 12.2. The third kappa shape index (κ3) is 4.90. The second-order valence-electron chi connectivity index (χ2n) is 5.46. The van der Waals surface area contributed by atoms with Crippen LogP contribution in [0.5, 0.6) is 0 Å². The molecule has 0 saturated heterocycles. The fourth-order valence-electron chi connectivity index (χ4n) is 2.34. The molecule has 0 heterocycles. The number of aryl methyl sites for hydroxylation is 2. The maximum absolute atomic E-state index is 12.2. The Morgan fingerprint density at radius 3 is 2.52 bits per heavy atom. The summed E-state index contributed by atoms with van der Waals surface area (Å²) in [7, 11) is 0. The van der Waals surface area contributed by atoms with Gasteiger partial charge in [-0.1, -0.05) is 47.5 Å². The lowest BCUT2D eigenvalue weighted by Crippen LogP contribution is -2.16. The van der Waals surface area contributed by atoms with Gasteiger partial charge in [0.05, 0.1) is 16.5 Å². The van der Waals surface area contributed by atoms with Crippen LogP contribution in [0.4, 0.5) is 5.69 Å². The topological polar surface area (TPSA) is 29.1 Å². The first-order chi connectivity index (χ1) is 10.9. The van der Waals surface area contributed by atoms with Crippen LogP contribution in [0.25, 0.3) is 0 Å². The van der Waals surface area contributed by atoms with Gasteiger partial charge in [-0.2, -0.15) is 0 Å². The van der Waals surface area contributed by atoms with E-state index >= 15 is 0 Å². The van der Waals surface area contributed by atoms with E-state index in [-0.39, 0.29) is 11.2 Å². The summed E-state index contributed by atoms with van der Waals surface area (Å²) in [6.45, 7) is 5.96. The van der Waals surface area contributed by atoms with E-state index in [4.69, 9.17) is 23.2 Å². The fraction of sp³-hybridized carbons (Fsp3) is 0.278. The van der Waals surface area contributed by atoms with E-state index in [0.717, 1.165) is 21.7 Å². The quantitative estimate of drug-likeness (QED) is 0.697. The highest BCUT2D eigenvalue weighted by Crippen LogP contribution is 2.33. The molecule has 1 unspecified atom stereocenters. The summed E-state index contributed by atoms with van der Waals surface area (Å²) in [6.07, 6.45) is 0. The summed E-state index contributed by atoms with van der Waals surface area (Å²) in [5.74, 6) is 0.276. The Labute approximate surface area is 151 Å². The van der Waals surface area contributed by atoms with Crippen LogP contribution in [0.3, 0.4) is 0 Å². The number of benzene rings is 2. The number of carbonyl (C=O) groups excluding carboxylic acids is 1. The first-order valence-electron chi connectivity index (χ1n) is 7.31. The highest BCUT2D eigenvalue weighted by Gasteiger charge is 2.14. The molecule has 122 valence electrons. The molecule has 5 heteroatoms. The van der Waals surface area contributed by atoms with Gasteiger partial charge in [-0.05, 0) is 49.6 Å². The molecule has 0 saturated carbocycles. The molecule has 0 bridgehead atoms. The molecule has 0 aliphatic heterocycles. The number of anilines is 1. The van der Waals surface area contributed by atoms with Gasteiger partial charge < -0.3 is 5.32 Å². The van der Waals surface area contributed by atoms with Gasteiger partial charge in [-0.15, -0.1) is 11.8 Å². The third-order valence-corrected chi connectivity index (χ3v) is 5.33. The zero-order valence-corrected chi connectivity index (χ0v) is 15.6. The average molecular weight is 368 g/mol. The van der Waals surface area contributed by atoms with E-state index in [1.54, 1.807) is 11.8 Å². The van der Waals surface area contributed by atoms with Crippen molar-refractivity contribution in [2.24, 2.45) is 0 Å². The zero-order valence-electron chi connectivity index (χ0n) is 13.3. The zero-order chi connectivity index (χ0) is 17.0. The number of rotatable bonds is 5. The van der Waals surface area contributed by atoms with Gasteiger partial charge >= 0.3 is 0 Å². The van der Waals surface area contributed by atoms with Crippen molar-refractivity contribution in [3.05, 3.63) is 63.1 Å². The molecule has 2 rings (SSSR count). The third-order valence-electron chi connectivity index (χ3n) is 3.50. The van der Waals surface area contributed by atoms with Crippen LogP contribution in [-0.4, -0.2) is 11.7 Å². The van der Waals surface area contributed by atoms with Crippen LogP contribution in [0.1, 0.15) is 28.9 Å². The molecule has 0 spiro atoms. The number of nitrogens with one attached hydrogen (secondary N) is 1. The Balaban J connectivity index is 1.97. The number of halogens is 2. The molecule has 0 aliphatic rings. The van der Waals surface area contributed by atoms with Crippen molar-refractivity contribution in [2.45, 2.75) is 26.0 Å². The molecule has 23 heavy (non-hydrogen) atoms. The standard InChI is InChI=1S/C18H19Cl2NOS/c1-11-8-12(2)18(16(20)9-11)21-17(22)10-23-13(3)14-6-4-5-7-15(14)19/h4-9,13H,10H2,1-3H3,(H,21,22). The smallest absolute Gasteiger partial charge is 0.234 e. The van der Waals surface area contributed by atoms with Gasteiger partial charge in [0.25, 0.3) is 0 Å². The monoisotopic (exact) mass is 367 g/mol. The highest BCUT2D eigenvalue weighted by molar-refractivity contribution is 8.00. The second-order valence-corrected chi connectivity index (χ2v) is 7.61. The summed E-state index contributed by atoms with van der Waals surface area (Å²) in [5.41, 5.74) is 3.77. The van der Waals surface area contributed by atoms with E-state index in [9.17, 15) is 4.79 Å². The minimum Gasteiger partial charge on any atom is -0.324 e. The van der Waals surface area contributed by atoms with Crippen LogP contribution in [0.2, 0.25) is 10.0 Å². The lowest BCUT2D eigenvalue weighted by Gasteiger charge is -2.14. The lowest BCUT2D eigenvalue weighted by molar-refractivity contribution is -0.113. The van der Waals surface area contributed by atoms with Crippen LogP contribution >= 0.6 is 35.0 Å². The van der Waals surface area contributed by atoms with E-state index < -0.39 is 0 Å². The maximum Gasteiger partial charge on any atom is 0.234 e. The molecule has 2 aromatic carbocycles. The Bertz CT molecular complexity index is 695.